The van der Waals surface area contributed by atoms with Crippen LogP contribution in [0, 0.1) is 12.7 Å². The first-order valence-corrected chi connectivity index (χ1v) is 14.6. The van der Waals surface area contributed by atoms with Gasteiger partial charge in [0.1, 0.15) is 17.3 Å². The molecule has 0 spiro atoms. The van der Waals surface area contributed by atoms with Crippen molar-refractivity contribution in [2.75, 3.05) is 36.9 Å². The lowest BCUT2D eigenvalue weighted by Crippen LogP contribution is -2.40. The molecule has 9 nitrogen and oxygen atoms in total. The highest BCUT2D eigenvalue weighted by molar-refractivity contribution is 7.89. The molecule has 0 unspecified atom stereocenters. The topological polar surface area (TPSA) is 108 Å². The van der Waals surface area contributed by atoms with E-state index in [-0.39, 0.29) is 21.6 Å². The van der Waals surface area contributed by atoms with Crippen LogP contribution in [0.25, 0.3) is 0 Å². The van der Waals surface area contributed by atoms with Crippen molar-refractivity contribution in [1.29, 1.82) is 0 Å². The minimum atomic E-state index is -3.86. The molecule has 1 aliphatic heterocycles. The summed E-state index contributed by atoms with van der Waals surface area (Å²) >= 11 is 6.22. The van der Waals surface area contributed by atoms with Gasteiger partial charge in [0.2, 0.25) is 16.0 Å². The largest absolute Gasteiger partial charge is 0.489 e. The Morgan fingerprint density at radius 1 is 1.08 bits per heavy atom. The number of hydrogen-bond acceptors (Lipinski definition) is 8. The number of ether oxygens (including phenoxy) is 1. The highest BCUT2D eigenvalue weighted by atomic mass is 35.5. The van der Waals surface area contributed by atoms with Crippen molar-refractivity contribution in [3.8, 4) is 5.75 Å². The minimum Gasteiger partial charge on any atom is -0.489 e. The summed E-state index contributed by atoms with van der Waals surface area (Å²) in [5, 5.41) is 6.23. The van der Waals surface area contributed by atoms with Crippen molar-refractivity contribution in [2.45, 2.75) is 51.0 Å². The summed E-state index contributed by atoms with van der Waals surface area (Å²) in [5.41, 5.74) is 0.984. The molecule has 2 aromatic carbocycles. The van der Waals surface area contributed by atoms with Crippen LogP contribution in [0.3, 0.4) is 0 Å². The van der Waals surface area contributed by atoms with Crippen molar-refractivity contribution < 1.29 is 17.5 Å². The lowest BCUT2D eigenvalue weighted by molar-refractivity contribution is 0.231. The summed E-state index contributed by atoms with van der Waals surface area (Å²) < 4.78 is 48.6. The van der Waals surface area contributed by atoms with Crippen LogP contribution in [0.5, 0.6) is 5.75 Å². The number of likely N-dealkylation sites (tertiary alicyclic amines) is 1. The maximum absolute atomic E-state index is 14.7. The van der Waals surface area contributed by atoms with Gasteiger partial charge in [-0.05, 0) is 84.0 Å². The molecule has 0 amide bonds. The van der Waals surface area contributed by atoms with Gasteiger partial charge in [-0.25, -0.2) is 22.5 Å². The highest BCUT2D eigenvalue weighted by Crippen LogP contribution is 2.29. The third-order valence-corrected chi connectivity index (χ3v) is 8.19. The molecule has 1 aliphatic rings. The maximum Gasteiger partial charge on any atom is 0.242 e. The second kappa shape index (κ2) is 12.0. The molecule has 4 rings (SSSR count). The van der Waals surface area contributed by atoms with E-state index >= 15 is 0 Å². The Morgan fingerprint density at radius 2 is 1.77 bits per heavy atom. The Balaban J connectivity index is 1.45. The molecule has 0 atom stereocenters. The zero-order valence-corrected chi connectivity index (χ0v) is 24.1. The Labute approximate surface area is 234 Å². The molecule has 3 N–H and O–H groups in total. The van der Waals surface area contributed by atoms with Crippen LogP contribution in [0.4, 0.5) is 27.5 Å². The summed E-state index contributed by atoms with van der Waals surface area (Å²) in [6, 6.07) is 9.22. The zero-order chi connectivity index (χ0) is 28.2. The minimum absolute atomic E-state index is 0.0487. The van der Waals surface area contributed by atoms with E-state index in [1.165, 1.54) is 31.0 Å². The van der Waals surface area contributed by atoms with E-state index < -0.39 is 21.4 Å². The summed E-state index contributed by atoms with van der Waals surface area (Å²) in [6.45, 7) is 10.4. The van der Waals surface area contributed by atoms with Crippen molar-refractivity contribution in [2.24, 2.45) is 0 Å². The van der Waals surface area contributed by atoms with Gasteiger partial charge in [0, 0.05) is 41.3 Å². The second-order valence-electron chi connectivity index (χ2n) is 10.5. The molecule has 39 heavy (non-hydrogen) atoms. The number of aromatic nitrogens is 2. The molecule has 210 valence electrons. The lowest BCUT2D eigenvalue weighted by Gasteiger charge is -2.21. The number of anilines is 4. The number of sulfonamides is 1. The maximum atomic E-state index is 14.7. The predicted octanol–water partition coefficient (Wildman–Crippen LogP) is 5.62. The number of nitrogens with one attached hydrogen (secondary N) is 3. The number of halogens is 2. The first kappa shape index (κ1) is 29.0. The van der Waals surface area contributed by atoms with Gasteiger partial charge < -0.3 is 15.4 Å². The van der Waals surface area contributed by atoms with Crippen LogP contribution >= 0.6 is 11.6 Å². The Kier molecular flexibility index (Phi) is 8.95. The third-order valence-electron chi connectivity index (χ3n) is 5.95. The molecular formula is C27H34ClFN6O3S. The average Bonchev–Trinajstić information content (AvgIpc) is 3.36. The van der Waals surface area contributed by atoms with Gasteiger partial charge in [0.05, 0.1) is 5.02 Å². The van der Waals surface area contributed by atoms with Gasteiger partial charge in [-0.2, -0.15) is 4.98 Å². The normalized spacial score (nSPS) is 14.4. The molecule has 0 radical (unpaired) electrons. The van der Waals surface area contributed by atoms with Crippen LogP contribution in [0.1, 0.15) is 39.2 Å². The number of nitrogens with zero attached hydrogens (tertiary/aromatic N) is 3. The van der Waals surface area contributed by atoms with Gasteiger partial charge in [0.15, 0.2) is 11.6 Å². The van der Waals surface area contributed by atoms with E-state index in [1.54, 1.807) is 45.2 Å². The number of rotatable bonds is 10. The van der Waals surface area contributed by atoms with Crippen LogP contribution in [0.15, 0.2) is 47.5 Å². The van der Waals surface area contributed by atoms with Gasteiger partial charge in [0.25, 0.3) is 0 Å². The van der Waals surface area contributed by atoms with E-state index in [0.29, 0.717) is 23.8 Å². The summed E-state index contributed by atoms with van der Waals surface area (Å²) in [5.74, 6) is 0.401. The first-order chi connectivity index (χ1) is 18.4. The molecular weight excluding hydrogens is 543 g/mol. The van der Waals surface area contributed by atoms with Crippen molar-refractivity contribution in [1.82, 2.24) is 19.6 Å². The summed E-state index contributed by atoms with van der Waals surface area (Å²) in [6.07, 6.45) is 4.01. The van der Waals surface area contributed by atoms with E-state index in [2.05, 4.69) is 30.2 Å². The van der Waals surface area contributed by atoms with E-state index in [1.807, 2.05) is 6.92 Å². The Morgan fingerprint density at radius 3 is 2.46 bits per heavy atom. The highest BCUT2D eigenvalue weighted by Gasteiger charge is 2.25. The average molecular weight is 577 g/mol. The fraction of sp³-hybridized carbons (Fsp3) is 0.407. The van der Waals surface area contributed by atoms with Crippen LogP contribution in [-0.2, 0) is 10.0 Å². The number of hydrogen-bond donors (Lipinski definition) is 3. The van der Waals surface area contributed by atoms with Gasteiger partial charge in [-0.15, -0.1) is 0 Å². The monoisotopic (exact) mass is 576 g/mol. The Bertz CT molecular complexity index is 1430. The predicted molar refractivity (Wildman–Crippen MR) is 152 cm³/mol. The molecule has 3 aromatic rings. The van der Waals surface area contributed by atoms with Crippen molar-refractivity contribution in [3.05, 3.63) is 59.0 Å². The summed E-state index contributed by atoms with van der Waals surface area (Å²) in [7, 11) is -3.86. The molecule has 2 heterocycles. The third kappa shape index (κ3) is 8.01. The number of benzene rings is 2. The standard InChI is InChI=1S/C27H34ClFN6O3S/c1-18-17-30-26(32-19-8-10-23(22(29)15-19)38-14-13-35-11-5-6-12-35)33-25(18)31-20-7-9-21(28)24(16-20)39(36,37)34-27(2,3)4/h7-10,15-17,34H,5-6,11-14H2,1-4H3,(H2,30,31,32,33). The zero-order valence-electron chi connectivity index (χ0n) is 22.5. The van der Waals surface area contributed by atoms with Gasteiger partial charge in [-0.1, -0.05) is 11.6 Å². The molecule has 0 aliphatic carbocycles. The second-order valence-corrected chi connectivity index (χ2v) is 12.6. The smallest absolute Gasteiger partial charge is 0.242 e. The van der Waals surface area contributed by atoms with Crippen molar-refractivity contribution >= 4 is 44.8 Å². The lowest BCUT2D eigenvalue weighted by atomic mass is 10.1. The summed E-state index contributed by atoms with van der Waals surface area (Å²) in [4.78, 5) is 11.0. The molecule has 1 saturated heterocycles. The van der Waals surface area contributed by atoms with E-state index in [9.17, 15) is 12.8 Å². The number of aryl methyl sites for hydroxylation is 1. The fourth-order valence-electron chi connectivity index (χ4n) is 4.13. The van der Waals surface area contributed by atoms with Gasteiger partial charge >= 0.3 is 0 Å². The van der Waals surface area contributed by atoms with Crippen LogP contribution in [0.2, 0.25) is 5.02 Å². The van der Waals surface area contributed by atoms with Crippen molar-refractivity contribution in [3.63, 3.8) is 0 Å². The van der Waals surface area contributed by atoms with Crippen LogP contribution < -0.4 is 20.1 Å². The van der Waals surface area contributed by atoms with E-state index in [4.69, 9.17) is 16.3 Å². The molecule has 0 saturated carbocycles. The Hall–Kier alpha value is -2.99. The van der Waals surface area contributed by atoms with Gasteiger partial charge in [-0.3, -0.25) is 4.90 Å². The van der Waals surface area contributed by atoms with Crippen LogP contribution in [-0.4, -0.2) is 55.1 Å². The fourth-order valence-corrected chi connectivity index (χ4v) is 6.07. The first-order valence-electron chi connectivity index (χ1n) is 12.8. The molecule has 1 fully saturated rings. The SMILES string of the molecule is Cc1cnc(Nc2ccc(OCCN3CCCC3)c(F)c2)nc1Nc1ccc(Cl)c(S(=O)(=O)NC(C)(C)C)c1. The molecule has 12 heteroatoms. The van der Waals surface area contributed by atoms with E-state index in [0.717, 1.165) is 25.2 Å². The molecule has 0 bridgehead atoms. The molecule has 1 aromatic heterocycles. The quantitative estimate of drug-likeness (QED) is 0.285.